The highest BCUT2D eigenvalue weighted by Gasteiger charge is 2.36. The minimum atomic E-state index is -0.0501. The number of rotatable bonds is 9. The van der Waals surface area contributed by atoms with Crippen LogP contribution in [0.15, 0.2) is 70.6 Å². The molecule has 38 heavy (non-hydrogen) atoms. The zero-order valence-corrected chi connectivity index (χ0v) is 24.2. The lowest BCUT2D eigenvalue weighted by Gasteiger charge is -2.22. The molecule has 1 atom stereocenters. The third kappa shape index (κ3) is 6.73. The van der Waals surface area contributed by atoms with Crippen LogP contribution in [0.1, 0.15) is 43.9 Å². The van der Waals surface area contributed by atoms with Crippen molar-refractivity contribution in [2.75, 3.05) is 6.61 Å². The minimum Gasteiger partial charge on any atom is -0.490 e. The number of hydrogen-bond donors (Lipinski definition) is 0. The standard InChI is InChI=1S/C30H30Cl2N2O3S/c1-5-20(4)34-29(35)28(38-30(34)33-24-12-7-19(3)8-13-24)16-21-9-14-26(27(15-21)36-6-2)37-18-22-10-11-23(31)17-25(22)32/h7-17,20H,5-6,18H2,1-4H3/b28-16+,33-30?/t20-/m1/s1. The molecule has 1 aliphatic heterocycles. The summed E-state index contributed by atoms with van der Waals surface area (Å²) in [6, 6.07) is 18.9. The predicted molar refractivity (Wildman–Crippen MR) is 159 cm³/mol. The Morgan fingerprint density at radius 1 is 1.00 bits per heavy atom. The van der Waals surface area contributed by atoms with Gasteiger partial charge in [0.2, 0.25) is 0 Å². The second kappa shape index (κ2) is 12.7. The van der Waals surface area contributed by atoms with E-state index in [1.54, 1.807) is 17.0 Å². The minimum absolute atomic E-state index is 0.0274. The van der Waals surface area contributed by atoms with Gasteiger partial charge in [0.25, 0.3) is 5.91 Å². The van der Waals surface area contributed by atoms with Crippen molar-refractivity contribution in [3.8, 4) is 11.5 Å². The van der Waals surface area contributed by atoms with E-state index < -0.39 is 0 Å². The maximum absolute atomic E-state index is 13.4. The monoisotopic (exact) mass is 568 g/mol. The number of aryl methyl sites for hydroxylation is 1. The summed E-state index contributed by atoms with van der Waals surface area (Å²) in [6.45, 7) is 8.81. The van der Waals surface area contributed by atoms with Crippen LogP contribution in [0.25, 0.3) is 6.08 Å². The van der Waals surface area contributed by atoms with E-state index in [1.165, 1.54) is 11.8 Å². The number of carbonyl (C=O) groups is 1. The van der Waals surface area contributed by atoms with E-state index >= 15 is 0 Å². The fraction of sp³-hybridized carbons (Fsp3) is 0.267. The first-order chi connectivity index (χ1) is 18.3. The van der Waals surface area contributed by atoms with Crippen molar-refractivity contribution in [2.45, 2.75) is 46.8 Å². The molecule has 0 radical (unpaired) electrons. The maximum Gasteiger partial charge on any atom is 0.266 e. The molecule has 0 bridgehead atoms. The number of aliphatic imine (C=N–C) groups is 1. The Morgan fingerprint density at radius 3 is 2.45 bits per heavy atom. The van der Waals surface area contributed by atoms with Crippen molar-refractivity contribution >= 4 is 57.8 Å². The molecular formula is C30H30Cl2N2O3S. The molecule has 0 saturated carbocycles. The van der Waals surface area contributed by atoms with E-state index in [1.807, 2.05) is 75.4 Å². The first-order valence-electron chi connectivity index (χ1n) is 12.5. The third-order valence-electron chi connectivity index (χ3n) is 6.09. The van der Waals surface area contributed by atoms with Gasteiger partial charge >= 0.3 is 0 Å². The Morgan fingerprint density at radius 2 is 1.76 bits per heavy atom. The zero-order valence-electron chi connectivity index (χ0n) is 21.8. The first-order valence-corrected chi connectivity index (χ1v) is 14.1. The summed E-state index contributed by atoms with van der Waals surface area (Å²) >= 11 is 13.7. The van der Waals surface area contributed by atoms with E-state index in [0.29, 0.717) is 38.2 Å². The van der Waals surface area contributed by atoms with Crippen molar-refractivity contribution in [2.24, 2.45) is 4.99 Å². The van der Waals surface area contributed by atoms with Gasteiger partial charge in [-0.25, -0.2) is 4.99 Å². The Balaban J connectivity index is 1.60. The summed E-state index contributed by atoms with van der Waals surface area (Å²) in [5.41, 5.74) is 3.64. The van der Waals surface area contributed by atoms with Crippen LogP contribution >= 0.6 is 35.0 Å². The Labute approximate surface area is 238 Å². The van der Waals surface area contributed by atoms with E-state index in [0.717, 1.165) is 28.8 Å². The number of benzene rings is 3. The van der Waals surface area contributed by atoms with E-state index in [2.05, 4.69) is 6.92 Å². The topological polar surface area (TPSA) is 51.1 Å². The number of halogens is 2. The summed E-state index contributed by atoms with van der Waals surface area (Å²) in [6.07, 6.45) is 2.70. The van der Waals surface area contributed by atoms with Crippen molar-refractivity contribution in [1.29, 1.82) is 0 Å². The lowest BCUT2D eigenvalue weighted by atomic mass is 10.1. The van der Waals surface area contributed by atoms with Gasteiger partial charge in [-0.05, 0) is 87.0 Å². The number of carbonyl (C=O) groups excluding carboxylic acids is 1. The van der Waals surface area contributed by atoms with Crippen molar-refractivity contribution in [1.82, 2.24) is 4.90 Å². The van der Waals surface area contributed by atoms with Gasteiger partial charge in [-0.1, -0.05) is 60.0 Å². The summed E-state index contributed by atoms with van der Waals surface area (Å²) < 4.78 is 11.9. The molecule has 0 N–H and O–H groups in total. The molecule has 1 heterocycles. The molecule has 3 aromatic carbocycles. The third-order valence-corrected chi connectivity index (χ3v) is 7.66. The fourth-order valence-electron chi connectivity index (χ4n) is 3.81. The quantitative estimate of drug-likeness (QED) is 0.242. The van der Waals surface area contributed by atoms with Crippen LogP contribution in [0.4, 0.5) is 5.69 Å². The molecular weight excluding hydrogens is 539 g/mol. The number of ether oxygens (including phenoxy) is 2. The Bertz CT molecular complexity index is 1370. The molecule has 0 unspecified atom stereocenters. The van der Waals surface area contributed by atoms with E-state index in [-0.39, 0.29) is 18.6 Å². The molecule has 1 saturated heterocycles. The average Bonchev–Trinajstić information content (AvgIpc) is 3.19. The zero-order chi connectivity index (χ0) is 27.2. The lowest BCUT2D eigenvalue weighted by Crippen LogP contribution is -2.36. The highest BCUT2D eigenvalue weighted by atomic mass is 35.5. The van der Waals surface area contributed by atoms with Crippen LogP contribution in [-0.4, -0.2) is 28.6 Å². The molecule has 5 nitrogen and oxygen atoms in total. The predicted octanol–water partition coefficient (Wildman–Crippen LogP) is 8.68. The highest BCUT2D eigenvalue weighted by molar-refractivity contribution is 8.18. The van der Waals surface area contributed by atoms with Gasteiger partial charge in [0.1, 0.15) is 6.61 Å². The number of amides is 1. The van der Waals surface area contributed by atoms with Crippen LogP contribution in [0.3, 0.4) is 0 Å². The van der Waals surface area contributed by atoms with Gasteiger partial charge in [-0.15, -0.1) is 0 Å². The normalized spacial score (nSPS) is 16.4. The fourth-order valence-corrected chi connectivity index (χ4v) is 5.37. The van der Waals surface area contributed by atoms with Gasteiger partial charge in [0, 0.05) is 21.7 Å². The molecule has 0 spiro atoms. The number of thioether (sulfide) groups is 1. The van der Waals surface area contributed by atoms with Crippen LogP contribution < -0.4 is 9.47 Å². The molecule has 0 aliphatic carbocycles. The first kappa shape index (κ1) is 28.1. The Kier molecular flexibility index (Phi) is 9.42. The summed E-state index contributed by atoms with van der Waals surface area (Å²) in [4.78, 5) is 20.6. The van der Waals surface area contributed by atoms with Crippen molar-refractivity contribution in [3.05, 3.63) is 92.3 Å². The van der Waals surface area contributed by atoms with E-state index in [9.17, 15) is 4.79 Å². The largest absolute Gasteiger partial charge is 0.490 e. The van der Waals surface area contributed by atoms with Gasteiger partial charge < -0.3 is 9.47 Å². The van der Waals surface area contributed by atoms with Crippen LogP contribution in [0.2, 0.25) is 10.0 Å². The maximum atomic E-state index is 13.4. The second-order valence-electron chi connectivity index (χ2n) is 8.94. The van der Waals surface area contributed by atoms with Crippen molar-refractivity contribution in [3.63, 3.8) is 0 Å². The van der Waals surface area contributed by atoms with Gasteiger partial charge in [0.05, 0.1) is 17.2 Å². The van der Waals surface area contributed by atoms with Crippen LogP contribution in [0.5, 0.6) is 11.5 Å². The summed E-state index contributed by atoms with van der Waals surface area (Å²) in [7, 11) is 0. The highest BCUT2D eigenvalue weighted by Crippen LogP contribution is 2.37. The lowest BCUT2D eigenvalue weighted by molar-refractivity contribution is -0.123. The van der Waals surface area contributed by atoms with Gasteiger partial charge in [-0.3, -0.25) is 9.69 Å². The number of nitrogens with zero attached hydrogens (tertiary/aromatic N) is 2. The van der Waals surface area contributed by atoms with Crippen LogP contribution in [0, 0.1) is 6.92 Å². The molecule has 1 amide bonds. The summed E-state index contributed by atoms with van der Waals surface area (Å²) in [5.74, 6) is 1.13. The van der Waals surface area contributed by atoms with Gasteiger partial charge in [0.15, 0.2) is 16.7 Å². The smallest absolute Gasteiger partial charge is 0.266 e. The molecule has 0 aromatic heterocycles. The molecule has 4 rings (SSSR count). The van der Waals surface area contributed by atoms with Crippen LogP contribution in [-0.2, 0) is 11.4 Å². The Hall–Kier alpha value is -2.93. The van der Waals surface area contributed by atoms with E-state index in [4.69, 9.17) is 37.7 Å². The number of amidine groups is 1. The SMILES string of the molecule is CCOc1cc(/C=C2/SC(=Nc3ccc(C)cc3)N([C@H](C)CC)C2=O)ccc1OCc1ccc(Cl)cc1Cl. The summed E-state index contributed by atoms with van der Waals surface area (Å²) in [5, 5.41) is 1.80. The molecule has 1 aliphatic rings. The molecule has 1 fully saturated rings. The molecule has 198 valence electrons. The second-order valence-corrected chi connectivity index (χ2v) is 10.8. The molecule has 8 heteroatoms. The van der Waals surface area contributed by atoms with Gasteiger partial charge in [-0.2, -0.15) is 0 Å². The molecule has 3 aromatic rings. The average molecular weight is 570 g/mol. The number of hydrogen-bond acceptors (Lipinski definition) is 5. The van der Waals surface area contributed by atoms with Crippen molar-refractivity contribution < 1.29 is 14.3 Å².